The Hall–Kier alpha value is -2.25. The van der Waals surface area contributed by atoms with E-state index in [0.717, 1.165) is 5.56 Å². The fraction of sp³-hybridized carbons (Fsp3) is 0.238. The van der Waals surface area contributed by atoms with Crippen molar-refractivity contribution >= 4 is 40.7 Å². The molecule has 1 atom stereocenters. The molecule has 0 aliphatic heterocycles. The lowest BCUT2D eigenvalue weighted by molar-refractivity contribution is -0.121. The molecule has 0 spiro atoms. The van der Waals surface area contributed by atoms with Crippen LogP contribution in [0.5, 0.6) is 5.75 Å². The molecule has 0 aliphatic carbocycles. The topological polar surface area (TPSA) is 84.6 Å². The lowest BCUT2D eigenvalue weighted by atomic mass is 10.2. The molecule has 0 aliphatic rings. The summed E-state index contributed by atoms with van der Waals surface area (Å²) in [6, 6.07) is 12.2. The van der Waals surface area contributed by atoms with Crippen molar-refractivity contribution in [1.29, 1.82) is 0 Å². The molecule has 0 saturated carbocycles. The number of aliphatic hydroxyl groups is 1. The van der Waals surface area contributed by atoms with E-state index in [1.807, 2.05) is 12.1 Å². The fourth-order valence-electron chi connectivity index (χ4n) is 2.55. The second-order valence-electron chi connectivity index (χ2n) is 6.45. The van der Waals surface area contributed by atoms with E-state index in [-0.39, 0.29) is 30.5 Å². The number of halogens is 3. The first-order valence-electron chi connectivity index (χ1n) is 9.14. The van der Waals surface area contributed by atoms with Crippen molar-refractivity contribution in [3.8, 4) is 17.1 Å². The summed E-state index contributed by atoms with van der Waals surface area (Å²) >= 11 is 17.8. The molecule has 158 valence electrons. The molecule has 1 aromatic heterocycles. The van der Waals surface area contributed by atoms with Crippen LogP contribution in [-0.2, 0) is 11.2 Å². The summed E-state index contributed by atoms with van der Waals surface area (Å²) in [7, 11) is 0. The molecule has 6 nitrogen and oxygen atoms in total. The summed E-state index contributed by atoms with van der Waals surface area (Å²) < 4.78 is 11.1. The highest BCUT2D eigenvalue weighted by molar-refractivity contribution is 6.42. The van der Waals surface area contributed by atoms with Gasteiger partial charge in [-0.15, -0.1) is 0 Å². The molecule has 9 heteroatoms. The summed E-state index contributed by atoms with van der Waals surface area (Å²) in [5, 5.41) is 13.9. The molecule has 0 fully saturated rings. The van der Waals surface area contributed by atoms with E-state index in [0.29, 0.717) is 33.9 Å². The Kier molecular flexibility index (Phi) is 7.99. The lowest BCUT2D eigenvalue weighted by Gasteiger charge is -2.14. The first kappa shape index (κ1) is 22.4. The molecule has 0 radical (unpaired) electrons. The highest BCUT2D eigenvalue weighted by Gasteiger charge is 2.12. The minimum atomic E-state index is -0.901. The second kappa shape index (κ2) is 10.7. The molecule has 3 rings (SSSR count). The number of aryl methyl sites for hydroxylation is 1. The van der Waals surface area contributed by atoms with Gasteiger partial charge in [0.25, 0.3) is 0 Å². The SMILES string of the molecule is O=C(CCc1ncc(-c2ccc(Cl)cc2)o1)NCC(O)COc1cccc(Cl)c1Cl. The van der Waals surface area contributed by atoms with Crippen molar-refractivity contribution in [2.45, 2.75) is 18.9 Å². The third kappa shape index (κ3) is 6.37. The van der Waals surface area contributed by atoms with Crippen LogP contribution >= 0.6 is 34.8 Å². The maximum Gasteiger partial charge on any atom is 0.220 e. The minimum Gasteiger partial charge on any atom is -0.489 e. The third-order valence-corrected chi connectivity index (χ3v) is 5.18. The molecular weight excluding hydrogens is 451 g/mol. The average Bonchev–Trinajstić information content (AvgIpc) is 3.21. The Bertz CT molecular complexity index is 992. The van der Waals surface area contributed by atoms with Crippen LogP contribution in [0.2, 0.25) is 15.1 Å². The molecular formula is C21H19Cl3N2O4. The van der Waals surface area contributed by atoms with Gasteiger partial charge in [0, 0.05) is 30.0 Å². The van der Waals surface area contributed by atoms with Crippen LogP contribution in [0.3, 0.4) is 0 Å². The first-order chi connectivity index (χ1) is 14.4. The Balaban J connectivity index is 1.39. The molecule has 0 saturated heterocycles. The van der Waals surface area contributed by atoms with Crippen LogP contribution in [-0.4, -0.2) is 35.3 Å². The number of ether oxygens (including phenoxy) is 1. The minimum absolute atomic E-state index is 0.0372. The lowest BCUT2D eigenvalue weighted by Crippen LogP contribution is -2.35. The molecule has 2 N–H and O–H groups in total. The van der Waals surface area contributed by atoms with Gasteiger partial charge in [-0.05, 0) is 36.4 Å². The standard InChI is InChI=1S/C21H19Cl3N2O4/c22-14-6-4-13(5-7-14)18-11-26-20(30-18)9-8-19(28)25-10-15(27)12-29-17-3-1-2-16(23)21(17)24/h1-7,11,15,27H,8-10,12H2,(H,25,28). The normalized spacial score (nSPS) is 11.9. The number of benzene rings is 2. The van der Waals surface area contributed by atoms with Gasteiger partial charge in [-0.2, -0.15) is 0 Å². The van der Waals surface area contributed by atoms with Crippen LogP contribution in [0.25, 0.3) is 11.3 Å². The smallest absolute Gasteiger partial charge is 0.220 e. The van der Waals surface area contributed by atoms with Crippen molar-refractivity contribution < 1.29 is 19.1 Å². The van der Waals surface area contributed by atoms with Gasteiger partial charge in [-0.3, -0.25) is 4.79 Å². The van der Waals surface area contributed by atoms with E-state index in [4.69, 9.17) is 44.0 Å². The summed E-state index contributed by atoms with van der Waals surface area (Å²) in [6.07, 6.45) is 1.22. The predicted molar refractivity (Wildman–Crippen MR) is 116 cm³/mol. The molecule has 1 amide bonds. The van der Waals surface area contributed by atoms with Gasteiger partial charge in [0.05, 0.1) is 11.2 Å². The van der Waals surface area contributed by atoms with Gasteiger partial charge in [0.2, 0.25) is 5.91 Å². The van der Waals surface area contributed by atoms with Crippen molar-refractivity contribution in [2.75, 3.05) is 13.2 Å². The number of oxazole rings is 1. The fourth-order valence-corrected chi connectivity index (χ4v) is 3.03. The largest absolute Gasteiger partial charge is 0.489 e. The van der Waals surface area contributed by atoms with E-state index in [1.54, 1.807) is 36.5 Å². The van der Waals surface area contributed by atoms with E-state index >= 15 is 0 Å². The predicted octanol–water partition coefficient (Wildman–Crippen LogP) is 4.79. The first-order valence-corrected chi connectivity index (χ1v) is 10.3. The highest BCUT2D eigenvalue weighted by atomic mass is 35.5. The Morgan fingerprint density at radius 3 is 2.70 bits per heavy atom. The number of carbonyl (C=O) groups excluding carboxylic acids is 1. The monoisotopic (exact) mass is 468 g/mol. The van der Waals surface area contributed by atoms with Crippen molar-refractivity contribution in [3.63, 3.8) is 0 Å². The van der Waals surface area contributed by atoms with E-state index in [9.17, 15) is 9.90 Å². The van der Waals surface area contributed by atoms with Gasteiger partial charge in [0.15, 0.2) is 11.7 Å². The number of aromatic nitrogens is 1. The second-order valence-corrected chi connectivity index (χ2v) is 7.67. The zero-order valence-electron chi connectivity index (χ0n) is 15.8. The number of hydrogen-bond donors (Lipinski definition) is 2. The van der Waals surface area contributed by atoms with Crippen LogP contribution in [0.4, 0.5) is 0 Å². The van der Waals surface area contributed by atoms with E-state index in [2.05, 4.69) is 10.3 Å². The summed E-state index contributed by atoms with van der Waals surface area (Å²) in [5.41, 5.74) is 0.852. The molecule has 1 heterocycles. The van der Waals surface area contributed by atoms with E-state index in [1.165, 1.54) is 0 Å². The quantitative estimate of drug-likeness (QED) is 0.471. The zero-order chi connectivity index (χ0) is 21.5. The molecule has 2 aromatic carbocycles. The molecule has 0 bridgehead atoms. The van der Waals surface area contributed by atoms with Crippen LogP contribution in [0.1, 0.15) is 12.3 Å². The maximum absolute atomic E-state index is 12.0. The number of nitrogens with one attached hydrogen (secondary N) is 1. The molecule has 1 unspecified atom stereocenters. The van der Waals surface area contributed by atoms with Gasteiger partial charge in [0.1, 0.15) is 23.5 Å². The average molecular weight is 470 g/mol. The van der Waals surface area contributed by atoms with Crippen molar-refractivity contribution in [3.05, 3.63) is 69.6 Å². The summed E-state index contributed by atoms with van der Waals surface area (Å²) in [4.78, 5) is 16.2. The maximum atomic E-state index is 12.0. The van der Waals surface area contributed by atoms with Gasteiger partial charge in [-0.1, -0.05) is 40.9 Å². The van der Waals surface area contributed by atoms with E-state index < -0.39 is 6.10 Å². The Morgan fingerprint density at radius 2 is 1.93 bits per heavy atom. The Labute approximate surface area is 188 Å². The number of amides is 1. The van der Waals surface area contributed by atoms with Crippen molar-refractivity contribution in [1.82, 2.24) is 10.3 Å². The number of aliphatic hydroxyl groups excluding tert-OH is 1. The molecule has 3 aromatic rings. The third-order valence-electron chi connectivity index (χ3n) is 4.13. The van der Waals surface area contributed by atoms with Crippen LogP contribution < -0.4 is 10.1 Å². The summed E-state index contributed by atoms with van der Waals surface area (Å²) in [6.45, 7) is 0.00313. The zero-order valence-corrected chi connectivity index (χ0v) is 18.0. The van der Waals surface area contributed by atoms with Gasteiger partial charge >= 0.3 is 0 Å². The number of hydrogen-bond acceptors (Lipinski definition) is 5. The van der Waals surface area contributed by atoms with Gasteiger partial charge < -0.3 is 19.6 Å². The number of rotatable bonds is 9. The highest BCUT2D eigenvalue weighted by Crippen LogP contribution is 2.31. The Morgan fingerprint density at radius 1 is 1.17 bits per heavy atom. The van der Waals surface area contributed by atoms with Gasteiger partial charge in [-0.25, -0.2) is 4.98 Å². The number of carbonyl (C=O) groups is 1. The summed E-state index contributed by atoms with van der Waals surface area (Å²) in [5.74, 6) is 1.19. The molecule has 30 heavy (non-hydrogen) atoms. The van der Waals surface area contributed by atoms with Crippen molar-refractivity contribution in [2.24, 2.45) is 0 Å². The number of nitrogens with zero attached hydrogens (tertiary/aromatic N) is 1. The van der Waals surface area contributed by atoms with Crippen LogP contribution in [0.15, 0.2) is 53.1 Å². The van der Waals surface area contributed by atoms with Crippen LogP contribution in [0, 0.1) is 0 Å².